The van der Waals surface area contributed by atoms with Crippen LogP contribution in [0.25, 0.3) is 0 Å². The Morgan fingerprint density at radius 1 is 1.32 bits per heavy atom. The molecule has 128 valence electrons. The molecule has 1 rings (SSSR count). The number of rotatable bonds is 5. The third-order valence-electron chi connectivity index (χ3n) is 3.76. The zero-order valence-electron chi connectivity index (χ0n) is 12.7. The van der Waals surface area contributed by atoms with Gasteiger partial charge in [0.15, 0.2) is 6.10 Å². The molecule has 2 atom stereocenters. The number of nitrogens with one attached hydrogen (secondary N) is 1. The first-order valence-corrected chi connectivity index (χ1v) is 7.57. The van der Waals surface area contributed by atoms with Crippen LogP contribution in [0.5, 0.6) is 0 Å². The third kappa shape index (κ3) is 5.82. The second kappa shape index (κ2) is 8.36. The van der Waals surface area contributed by atoms with E-state index in [4.69, 9.17) is 0 Å². The van der Waals surface area contributed by atoms with E-state index in [0.29, 0.717) is 13.0 Å². The summed E-state index contributed by atoms with van der Waals surface area (Å²) in [5, 5.41) is 11.4. The molecule has 0 aromatic carbocycles. The van der Waals surface area contributed by atoms with Crippen molar-refractivity contribution >= 4 is 11.8 Å². The van der Waals surface area contributed by atoms with Gasteiger partial charge in [0.05, 0.1) is 12.6 Å². The predicted octanol–water partition coefficient (Wildman–Crippen LogP) is 1.60. The Hall–Kier alpha value is -1.31. The van der Waals surface area contributed by atoms with Crippen molar-refractivity contribution in [3.8, 4) is 0 Å². The van der Waals surface area contributed by atoms with E-state index >= 15 is 0 Å². The third-order valence-corrected chi connectivity index (χ3v) is 3.76. The van der Waals surface area contributed by atoms with Crippen molar-refractivity contribution in [2.75, 3.05) is 13.1 Å². The van der Waals surface area contributed by atoms with Gasteiger partial charge in [-0.1, -0.05) is 19.8 Å². The maximum Gasteiger partial charge on any atom is 0.416 e. The van der Waals surface area contributed by atoms with Gasteiger partial charge in [-0.3, -0.25) is 9.59 Å². The summed E-state index contributed by atoms with van der Waals surface area (Å²) < 4.78 is 37.5. The van der Waals surface area contributed by atoms with Gasteiger partial charge in [0, 0.05) is 13.0 Å². The molecule has 2 amide bonds. The smallest absolute Gasteiger partial charge is 0.382 e. The lowest BCUT2D eigenvalue weighted by molar-refractivity contribution is -0.212. The van der Waals surface area contributed by atoms with Crippen LogP contribution in [-0.4, -0.2) is 53.2 Å². The van der Waals surface area contributed by atoms with Crippen LogP contribution in [0.15, 0.2) is 0 Å². The number of alkyl halides is 3. The Morgan fingerprint density at radius 3 is 2.55 bits per heavy atom. The highest BCUT2D eigenvalue weighted by Crippen LogP contribution is 2.23. The predicted molar refractivity (Wildman–Crippen MR) is 73.9 cm³/mol. The van der Waals surface area contributed by atoms with Crippen molar-refractivity contribution in [1.29, 1.82) is 0 Å². The van der Waals surface area contributed by atoms with Crippen molar-refractivity contribution in [3.05, 3.63) is 0 Å². The van der Waals surface area contributed by atoms with Crippen LogP contribution in [0.4, 0.5) is 13.2 Å². The van der Waals surface area contributed by atoms with Crippen molar-refractivity contribution in [2.24, 2.45) is 0 Å². The van der Waals surface area contributed by atoms with Gasteiger partial charge in [-0.05, 0) is 19.3 Å². The maximum atomic E-state index is 12.5. The molecule has 1 fully saturated rings. The first-order chi connectivity index (χ1) is 10.3. The fourth-order valence-electron chi connectivity index (χ4n) is 2.44. The lowest BCUT2D eigenvalue weighted by Gasteiger charge is -2.28. The molecule has 1 heterocycles. The van der Waals surface area contributed by atoms with E-state index in [0.717, 1.165) is 25.7 Å². The summed E-state index contributed by atoms with van der Waals surface area (Å²) in [6.07, 6.45) is -3.61. The average molecular weight is 324 g/mol. The van der Waals surface area contributed by atoms with E-state index in [9.17, 15) is 27.9 Å². The van der Waals surface area contributed by atoms with E-state index in [1.54, 1.807) is 0 Å². The Morgan fingerprint density at radius 2 is 1.95 bits per heavy atom. The molecule has 2 N–H and O–H groups in total. The Labute approximate surface area is 127 Å². The van der Waals surface area contributed by atoms with Gasteiger partial charge in [0.25, 0.3) is 0 Å². The van der Waals surface area contributed by atoms with Gasteiger partial charge in [0.1, 0.15) is 0 Å². The van der Waals surface area contributed by atoms with E-state index in [2.05, 4.69) is 5.32 Å². The van der Waals surface area contributed by atoms with Crippen LogP contribution in [0, 0.1) is 0 Å². The summed E-state index contributed by atoms with van der Waals surface area (Å²) in [6, 6.07) is -1.41. The highest BCUT2D eigenvalue weighted by molar-refractivity contribution is 5.85. The molecular formula is C14H23F3N2O3. The van der Waals surface area contributed by atoms with Gasteiger partial charge in [-0.2, -0.15) is 13.2 Å². The summed E-state index contributed by atoms with van der Waals surface area (Å²) in [5.74, 6) is -0.830. The number of aliphatic hydroxyl groups excluding tert-OH is 1. The van der Waals surface area contributed by atoms with E-state index < -0.39 is 24.2 Å². The van der Waals surface area contributed by atoms with Crippen molar-refractivity contribution in [3.63, 3.8) is 0 Å². The summed E-state index contributed by atoms with van der Waals surface area (Å²) in [4.78, 5) is 25.1. The molecule has 1 saturated heterocycles. The van der Waals surface area contributed by atoms with Crippen LogP contribution < -0.4 is 5.32 Å². The summed E-state index contributed by atoms with van der Waals surface area (Å²) in [5.41, 5.74) is 0. The minimum Gasteiger partial charge on any atom is -0.382 e. The van der Waals surface area contributed by atoms with Crippen LogP contribution >= 0.6 is 0 Å². The first kappa shape index (κ1) is 18.7. The number of aliphatic hydroxyl groups is 1. The van der Waals surface area contributed by atoms with Gasteiger partial charge in [0.2, 0.25) is 11.8 Å². The molecular weight excluding hydrogens is 301 g/mol. The Bertz CT molecular complexity index is 388. The van der Waals surface area contributed by atoms with Crippen molar-refractivity contribution in [1.82, 2.24) is 10.2 Å². The molecule has 8 heteroatoms. The molecule has 0 aromatic rings. The number of carbonyl (C=O) groups is 2. The van der Waals surface area contributed by atoms with Gasteiger partial charge in [-0.25, -0.2) is 0 Å². The van der Waals surface area contributed by atoms with Crippen molar-refractivity contribution < 1.29 is 27.9 Å². The SMILES string of the molecule is CC[C@@H](NC(=O)CN1CCCCCCC1=O)[C@@H](O)C(F)(F)F. The molecule has 5 nitrogen and oxygen atoms in total. The molecule has 0 aliphatic carbocycles. The van der Waals surface area contributed by atoms with E-state index in [-0.39, 0.29) is 18.9 Å². The Kier molecular flexibility index (Phi) is 7.12. The highest BCUT2D eigenvalue weighted by atomic mass is 19.4. The van der Waals surface area contributed by atoms with Gasteiger partial charge in [-0.15, -0.1) is 0 Å². The number of hydrogen-bond donors (Lipinski definition) is 2. The molecule has 0 spiro atoms. The second-order valence-corrected chi connectivity index (χ2v) is 5.55. The first-order valence-electron chi connectivity index (χ1n) is 7.57. The molecule has 0 unspecified atom stereocenters. The molecule has 22 heavy (non-hydrogen) atoms. The minimum absolute atomic E-state index is 0.0552. The molecule has 0 radical (unpaired) electrons. The zero-order valence-corrected chi connectivity index (χ0v) is 12.7. The quantitative estimate of drug-likeness (QED) is 0.807. The zero-order chi connectivity index (χ0) is 16.8. The van der Waals surface area contributed by atoms with Crippen LogP contribution in [0.3, 0.4) is 0 Å². The summed E-state index contributed by atoms with van der Waals surface area (Å²) in [6.45, 7) is 1.62. The minimum atomic E-state index is -4.79. The lowest BCUT2D eigenvalue weighted by Crippen LogP contribution is -2.52. The number of likely N-dealkylation sites (tertiary alicyclic amines) is 1. The molecule has 0 bridgehead atoms. The molecule has 0 saturated carbocycles. The monoisotopic (exact) mass is 324 g/mol. The molecule has 0 aromatic heterocycles. The van der Waals surface area contributed by atoms with Crippen LogP contribution in [0.1, 0.15) is 45.4 Å². The van der Waals surface area contributed by atoms with E-state index in [1.807, 2.05) is 0 Å². The number of halogens is 3. The normalized spacial score (nSPS) is 20.0. The van der Waals surface area contributed by atoms with Crippen molar-refractivity contribution in [2.45, 2.75) is 63.8 Å². The highest BCUT2D eigenvalue weighted by Gasteiger charge is 2.43. The largest absolute Gasteiger partial charge is 0.416 e. The summed E-state index contributed by atoms with van der Waals surface area (Å²) in [7, 11) is 0. The second-order valence-electron chi connectivity index (χ2n) is 5.55. The number of hydrogen-bond acceptors (Lipinski definition) is 3. The maximum absolute atomic E-state index is 12.5. The number of carbonyl (C=O) groups excluding carboxylic acids is 2. The molecule has 1 aliphatic rings. The van der Waals surface area contributed by atoms with Crippen LogP contribution in [-0.2, 0) is 9.59 Å². The topological polar surface area (TPSA) is 69.6 Å². The summed E-state index contributed by atoms with van der Waals surface area (Å²) >= 11 is 0. The Balaban J connectivity index is 2.57. The lowest BCUT2D eigenvalue weighted by atomic mass is 10.1. The average Bonchev–Trinajstić information content (AvgIpc) is 2.42. The number of amides is 2. The van der Waals surface area contributed by atoms with E-state index in [1.165, 1.54) is 11.8 Å². The van der Waals surface area contributed by atoms with Crippen LogP contribution in [0.2, 0.25) is 0 Å². The molecule has 1 aliphatic heterocycles. The fraction of sp³-hybridized carbons (Fsp3) is 0.857. The van der Waals surface area contributed by atoms with Gasteiger partial charge < -0.3 is 15.3 Å². The number of nitrogens with zero attached hydrogens (tertiary/aromatic N) is 1. The van der Waals surface area contributed by atoms with Gasteiger partial charge >= 0.3 is 6.18 Å². The standard InChI is InChI=1S/C14H23F3N2O3/c1-2-10(13(22)14(15,16)17)18-11(20)9-19-8-6-4-3-5-7-12(19)21/h10,13,22H,2-9H2,1H3,(H,18,20)/t10-,13-/m1/s1. The fourth-order valence-corrected chi connectivity index (χ4v) is 2.44.